The van der Waals surface area contributed by atoms with Crippen LogP contribution in [0.1, 0.15) is 9.67 Å². The maximum Gasteiger partial charge on any atom is 0.262 e. The molecule has 3 aromatic rings. The van der Waals surface area contributed by atoms with Gasteiger partial charge in [0.05, 0.1) is 9.21 Å². The number of hydrogen-bond donors (Lipinski definition) is 2. The van der Waals surface area contributed by atoms with E-state index in [1.165, 1.54) is 22.4 Å². The van der Waals surface area contributed by atoms with Crippen LogP contribution in [-0.4, -0.2) is 34.4 Å². The summed E-state index contributed by atoms with van der Waals surface area (Å²) in [5.74, 6) is -0.233. The molecule has 0 aliphatic heterocycles. The lowest BCUT2D eigenvalue weighted by Gasteiger charge is -2.17. The number of hydrogen-bond acceptors (Lipinski definition) is 5. The first kappa shape index (κ1) is 21.2. The molecule has 9 heteroatoms. The van der Waals surface area contributed by atoms with Crippen LogP contribution < -0.4 is 16.2 Å². The van der Waals surface area contributed by atoms with E-state index in [2.05, 4.69) is 10.6 Å². The minimum atomic E-state index is -0.699. The summed E-state index contributed by atoms with van der Waals surface area (Å²) in [6, 6.07) is 14.4. The monoisotopic (exact) mass is 447 g/mol. The molecule has 0 fully saturated rings. The third-order valence-corrected chi connectivity index (χ3v) is 5.88. The molecule has 0 saturated carbocycles. The number of pyridine rings is 1. The number of carbonyl (C=O) groups is 2. The van der Waals surface area contributed by atoms with Crippen molar-refractivity contribution in [1.29, 1.82) is 0 Å². The molecule has 1 aromatic carbocycles. The maximum atomic E-state index is 12.7. The third-order valence-electron chi connectivity index (χ3n) is 3.99. The molecule has 0 aliphatic carbocycles. The van der Waals surface area contributed by atoms with Crippen LogP contribution >= 0.6 is 34.7 Å². The molecule has 2 amide bonds. The number of anilines is 1. The normalized spacial score (nSPS) is 11.7. The van der Waals surface area contributed by atoms with Gasteiger partial charge in [0, 0.05) is 29.4 Å². The molecule has 0 bridgehead atoms. The molecule has 1 atom stereocenters. The van der Waals surface area contributed by atoms with Gasteiger partial charge in [0.1, 0.15) is 6.04 Å². The second kappa shape index (κ2) is 9.78. The molecule has 0 aliphatic rings. The van der Waals surface area contributed by atoms with Crippen LogP contribution in [0, 0.1) is 0 Å². The highest BCUT2D eigenvalue weighted by molar-refractivity contribution is 7.98. The Morgan fingerprint density at radius 3 is 2.52 bits per heavy atom. The average Bonchev–Trinajstić information content (AvgIpc) is 3.15. The molecular weight excluding hydrogens is 430 g/mol. The van der Waals surface area contributed by atoms with Gasteiger partial charge in [-0.2, -0.15) is 11.8 Å². The Bertz CT molecular complexity index is 1060. The second-order valence-corrected chi connectivity index (χ2v) is 8.66. The van der Waals surface area contributed by atoms with Crippen molar-refractivity contribution >= 4 is 52.2 Å². The molecule has 29 heavy (non-hydrogen) atoms. The zero-order chi connectivity index (χ0) is 20.8. The van der Waals surface area contributed by atoms with E-state index in [4.69, 9.17) is 11.6 Å². The summed E-state index contributed by atoms with van der Waals surface area (Å²) < 4.78 is 2.02. The first-order chi connectivity index (χ1) is 14.0. The van der Waals surface area contributed by atoms with Crippen molar-refractivity contribution in [3.63, 3.8) is 0 Å². The summed E-state index contributed by atoms with van der Waals surface area (Å²) in [6.07, 6.45) is 3.54. The van der Waals surface area contributed by atoms with Crippen molar-refractivity contribution in [2.24, 2.45) is 0 Å². The first-order valence-electron chi connectivity index (χ1n) is 8.62. The lowest BCUT2D eigenvalue weighted by molar-refractivity contribution is -0.117. The van der Waals surface area contributed by atoms with Crippen molar-refractivity contribution < 1.29 is 9.59 Å². The predicted molar refractivity (Wildman–Crippen MR) is 120 cm³/mol. The quantitative estimate of drug-likeness (QED) is 0.579. The van der Waals surface area contributed by atoms with Crippen LogP contribution in [0.25, 0.3) is 5.69 Å². The van der Waals surface area contributed by atoms with Gasteiger partial charge in [-0.05, 0) is 48.7 Å². The van der Waals surface area contributed by atoms with Gasteiger partial charge in [-0.15, -0.1) is 11.3 Å². The van der Waals surface area contributed by atoms with Crippen molar-refractivity contribution in [1.82, 2.24) is 9.88 Å². The van der Waals surface area contributed by atoms with Crippen LogP contribution in [0.4, 0.5) is 5.69 Å². The van der Waals surface area contributed by atoms with Crippen LogP contribution in [-0.2, 0) is 4.79 Å². The minimum Gasteiger partial charge on any atom is -0.339 e. The number of thioether (sulfide) groups is 1. The van der Waals surface area contributed by atoms with Crippen LogP contribution in [0.3, 0.4) is 0 Å². The molecule has 2 N–H and O–H groups in total. The number of halogens is 1. The SMILES string of the molecule is CSC[C@H](NC(=O)c1ccc(Cl)s1)C(=O)Nc1ccc(-n2ccccc2=O)cc1. The number of benzene rings is 1. The summed E-state index contributed by atoms with van der Waals surface area (Å²) in [7, 11) is 0. The maximum absolute atomic E-state index is 12.7. The van der Waals surface area contributed by atoms with Gasteiger partial charge in [0.15, 0.2) is 0 Å². The zero-order valence-electron chi connectivity index (χ0n) is 15.4. The number of amides is 2. The van der Waals surface area contributed by atoms with E-state index in [1.807, 2.05) is 6.26 Å². The predicted octanol–water partition coefficient (Wildman–Crippen LogP) is 3.65. The van der Waals surface area contributed by atoms with E-state index in [1.54, 1.807) is 54.7 Å². The molecule has 2 aromatic heterocycles. The van der Waals surface area contributed by atoms with Crippen molar-refractivity contribution in [3.8, 4) is 5.69 Å². The van der Waals surface area contributed by atoms with Gasteiger partial charge in [0.2, 0.25) is 5.91 Å². The average molecular weight is 448 g/mol. The van der Waals surface area contributed by atoms with Gasteiger partial charge in [-0.3, -0.25) is 19.0 Å². The Morgan fingerprint density at radius 2 is 1.90 bits per heavy atom. The number of nitrogens with one attached hydrogen (secondary N) is 2. The largest absolute Gasteiger partial charge is 0.339 e. The Morgan fingerprint density at radius 1 is 1.14 bits per heavy atom. The highest BCUT2D eigenvalue weighted by Crippen LogP contribution is 2.21. The van der Waals surface area contributed by atoms with E-state index in [9.17, 15) is 14.4 Å². The summed E-state index contributed by atoms with van der Waals surface area (Å²) >= 11 is 8.49. The smallest absolute Gasteiger partial charge is 0.262 e. The van der Waals surface area contributed by atoms with E-state index in [0.29, 0.717) is 26.3 Å². The van der Waals surface area contributed by atoms with Gasteiger partial charge in [-0.25, -0.2) is 0 Å². The third kappa shape index (κ3) is 5.50. The number of aromatic nitrogens is 1. The molecule has 0 unspecified atom stereocenters. The Kier molecular flexibility index (Phi) is 7.13. The van der Waals surface area contributed by atoms with Gasteiger partial charge >= 0.3 is 0 Å². The van der Waals surface area contributed by atoms with Gasteiger partial charge in [-0.1, -0.05) is 17.7 Å². The van der Waals surface area contributed by atoms with Crippen molar-refractivity contribution in [2.45, 2.75) is 6.04 Å². The molecule has 0 saturated heterocycles. The van der Waals surface area contributed by atoms with E-state index in [-0.39, 0.29) is 17.4 Å². The first-order valence-corrected chi connectivity index (χ1v) is 11.2. The lowest BCUT2D eigenvalue weighted by Crippen LogP contribution is -2.45. The molecule has 0 spiro atoms. The molecule has 150 valence electrons. The number of rotatable bonds is 7. The summed E-state index contributed by atoms with van der Waals surface area (Å²) in [6.45, 7) is 0. The molecule has 0 radical (unpaired) electrons. The van der Waals surface area contributed by atoms with Crippen molar-refractivity contribution in [3.05, 3.63) is 80.4 Å². The molecule has 6 nitrogen and oxygen atoms in total. The lowest BCUT2D eigenvalue weighted by atomic mass is 10.2. The fourth-order valence-corrected chi connectivity index (χ4v) is 4.10. The van der Waals surface area contributed by atoms with Crippen LogP contribution in [0.5, 0.6) is 0 Å². The number of carbonyl (C=O) groups excluding carboxylic acids is 2. The molecular formula is C20H18ClN3O3S2. The Hall–Kier alpha value is -2.55. The summed E-state index contributed by atoms with van der Waals surface area (Å²) in [5.41, 5.74) is 1.13. The minimum absolute atomic E-state index is 0.138. The van der Waals surface area contributed by atoms with Crippen LogP contribution in [0.2, 0.25) is 4.34 Å². The highest BCUT2D eigenvalue weighted by atomic mass is 35.5. The van der Waals surface area contributed by atoms with E-state index >= 15 is 0 Å². The summed E-state index contributed by atoms with van der Waals surface area (Å²) in [5, 5.41) is 5.55. The van der Waals surface area contributed by atoms with Crippen molar-refractivity contribution in [2.75, 3.05) is 17.3 Å². The molecule has 3 rings (SSSR count). The van der Waals surface area contributed by atoms with Gasteiger partial charge in [0.25, 0.3) is 11.5 Å². The topological polar surface area (TPSA) is 80.2 Å². The highest BCUT2D eigenvalue weighted by Gasteiger charge is 2.22. The van der Waals surface area contributed by atoms with E-state index in [0.717, 1.165) is 11.3 Å². The molecule has 2 heterocycles. The fraction of sp³-hybridized carbons (Fsp3) is 0.150. The zero-order valence-corrected chi connectivity index (χ0v) is 17.8. The van der Waals surface area contributed by atoms with E-state index < -0.39 is 6.04 Å². The second-order valence-electron chi connectivity index (χ2n) is 6.03. The number of nitrogens with zero attached hydrogens (tertiary/aromatic N) is 1. The van der Waals surface area contributed by atoms with Gasteiger partial charge < -0.3 is 10.6 Å². The standard InChI is InChI=1S/C20H18ClN3O3S2/c1-28-12-15(23-20(27)16-9-10-17(21)29-16)19(26)22-13-5-7-14(8-6-13)24-11-3-2-4-18(24)25/h2-11,15H,12H2,1H3,(H,22,26)(H,23,27)/t15-/m0/s1. The number of thiophene rings is 1. The Balaban J connectivity index is 1.68. The fourth-order valence-electron chi connectivity index (χ4n) is 2.59. The summed E-state index contributed by atoms with van der Waals surface area (Å²) in [4.78, 5) is 37.4. The van der Waals surface area contributed by atoms with Crippen LogP contribution in [0.15, 0.2) is 65.6 Å². The Labute approximate surface area is 180 Å².